The van der Waals surface area contributed by atoms with Crippen LogP contribution in [-0.4, -0.2) is 46.4 Å². The number of amides is 1. The molecule has 0 spiro atoms. The molecule has 2 aliphatic rings. The number of rotatable bonds is 3. The van der Waals surface area contributed by atoms with Crippen LogP contribution < -0.4 is 4.74 Å². The van der Waals surface area contributed by atoms with E-state index in [1.165, 1.54) is 5.56 Å². The first-order chi connectivity index (χ1) is 13.2. The lowest BCUT2D eigenvalue weighted by Gasteiger charge is -2.36. The highest BCUT2D eigenvalue weighted by Crippen LogP contribution is 2.31. The summed E-state index contributed by atoms with van der Waals surface area (Å²) >= 11 is 0. The molecule has 0 radical (unpaired) electrons. The number of fused-ring (bicyclic) bond motifs is 1. The summed E-state index contributed by atoms with van der Waals surface area (Å²) in [4.78, 5) is 20.6. The second-order valence-corrected chi connectivity index (χ2v) is 7.63. The molecule has 1 fully saturated rings. The van der Waals surface area contributed by atoms with Gasteiger partial charge in [-0.05, 0) is 49.7 Å². The number of pyridine rings is 1. The standard InChI is InChI=1S/C22H27N3O2.ClH/c1-17(26)25-15-20-4-2-3-5-21(20)27-22(16-25)19-8-12-24(13-9-19)14-18-6-10-23-11-7-18;/h2-7,10-11,19,22H,8-9,12-16H2,1H3;1H. The summed E-state index contributed by atoms with van der Waals surface area (Å²) in [6.45, 7) is 6.08. The molecule has 0 saturated carbocycles. The van der Waals surface area contributed by atoms with E-state index in [1.807, 2.05) is 35.5 Å². The highest BCUT2D eigenvalue weighted by Gasteiger charge is 2.32. The number of hydrogen-bond donors (Lipinski definition) is 0. The Morgan fingerprint density at radius 1 is 1.14 bits per heavy atom. The van der Waals surface area contributed by atoms with Crippen molar-refractivity contribution in [3.8, 4) is 5.75 Å². The van der Waals surface area contributed by atoms with Crippen molar-refractivity contribution < 1.29 is 9.53 Å². The van der Waals surface area contributed by atoms with E-state index in [9.17, 15) is 4.79 Å². The molecular weight excluding hydrogens is 374 g/mol. The third-order valence-electron chi connectivity index (χ3n) is 5.77. The SMILES string of the molecule is CC(=O)N1Cc2ccccc2OC(C2CCN(Cc3ccncc3)CC2)C1.Cl. The topological polar surface area (TPSA) is 45.7 Å². The summed E-state index contributed by atoms with van der Waals surface area (Å²) in [6, 6.07) is 12.3. The molecule has 6 heteroatoms. The smallest absolute Gasteiger partial charge is 0.219 e. The third kappa shape index (κ3) is 4.83. The average Bonchev–Trinajstić information content (AvgIpc) is 2.89. The van der Waals surface area contributed by atoms with Crippen molar-refractivity contribution in [3.05, 3.63) is 59.9 Å². The van der Waals surface area contributed by atoms with Gasteiger partial charge in [0.05, 0.1) is 6.54 Å². The molecule has 0 bridgehead atoms. The van der Waals surface area contributed by atoms with Gasteiger partial charge in [-0.3, -0.25) is 14.7 Å². The molecule has 28 heavy (non-hydrogen) atoms. The molecule has 0 aliphatic carbocycles. The van der Waals surface area contributed by atoms with E-state index in [2.05, 4.69) is 28.1 Å². The Bertz CT molecular complexity index is 778. The summed E-state index contributed by atoms with van der Waals surface area (Å²) in [5.74, 6) is 1.53. The number of likely N-dealkylation sites (tertiary alicyclic amines) is 1. The van der Waals surface area contributed by atoms with Crippen LogP contribution in [0.25, 0.3) is 0 Å². The maximum Gasteiger partial charge on any atom is 0.219 e. The second-order valence-electron chi connectivity index (χ2n) is 7.63. The molecule has 1 aromatic heterocycles. The van der Waals surface area contributed by atoms with E-state index in [-0.39, 0.29) is 24.4 Å². The number of hydrogen-bond acceptors (Lipinski definition) is 4. The number of benzene rings is 1. The van der Waals surface area contributed by atoms with Crippen LogP contribution in [0.3, 0.4) is 0 Å². The molecule has 1 unspecified atom stereocenters. The van der Waals surface area contributed by atoms with Gasteiger partial charge >= 0.3 is 0 Å². The summed E-state index contributed by atoms with van der Waals surface area (Å²) in [7, 11) is 0. The van der Waals surface area contributed by atoms with E-state index < -0.39 is 0 Å². The predicted molar refractivity (Wildman–Crippen MR) is 111 cm³/mol. The maximum absolute atomic E-state index is 12.1. The minimum Gasteiger partial charge on any atom is -0.488 e. The van der Waals surface area contributed by atoms with Crippen molar-refractivity contribution in [2.24, 2.45) is 5.92 Å². The molecule has 1 saturated heterocycles. The molecule has 3 heterocycles. The molecule has 1 atom stereocenters. The van der Waals surface area contributed by atoms with Crippen LogP contribution in [0.2, 0.25) is 0 Å². The lowest BCUT2D eigenvalue weighted by atomic mass is 9.90. The fraction of sp³-hybridized carbons (Fsp3) is 0.455. The van der Waals surface area contributed by atoms with Gasteiger partial charge < -0.3 is 9.64 Å². The van der Waals surface area contributed by atoms with Crippen molar-refractivity contribution in [2.75, 3.05) is 19.6 Å². The van der Waals surface area contributed by atoms with Crippen molar-refractivity contribution in [1.82, 2.24) is 14.8 Å². The van der Waals surface area contributed by atoms with Crippen LogP contribution in [0, 0.1) is 5.92 Å². The van der Waals surface area contributed by atoms with Crippen LogP contribution in [0.4, 0.5) is 0 Å². The van der Waals surface area contributed by atoms with E-state index in [1.54, 1.807) is 6.92 Å². The lowest BCUT2D eigenvalue weighted by Crippen LogP contribution is -2.44. The monoisotopic (exact) mass is 401 g/mol. The number of ether oxygens (including phenoxy) is 1. The molecule has 150 valence electrons. The van der Waals surface area contributed by atoms with Crippen LogP contribution in [-0.2, 0) is 17.9 Å². The van der Waals surface area contributed by atoms with Gasteiger partial charge in [0.1, 0.15) is 11.9 Å². The van der Waals surface area contributed by atoms with Crippen LogP contribution in [0.1, 0.15) is 30.9 Å². The Labute approximate surface area is 173 Å². The predicted octanol–water partition coefficient (Wildman–Crippen LogP) is 3.53. The fourth-order valence-corrected chi connectivity index (χ4v) is 4.15. The summed E-state index contributed by atoms with van der Waals surface area (Å²) < 4.78 is 6.41. The van der Waals surface area contributed by atoms with Gasteiger partial charge in [0.2, 0.25) is 5.91 Å². The van der Waals surface area contributed by atoms with E-state index in [4.69, 9.17) is 4.74 Å². The van der Waals surface area contributed by atoms with Crippen molar-refractivity contribution in [2.45, 2.75) is 39.0 Å². The first-order valence-electron chi connectivity index (χ1n) is 9.80. The van der Waals surface area contributed by atoms with E-state index in [0.717, 1.165) is 43.8 Å². The number of aromatic nitrogens is 1. The Kier molecular flexibility index (Phi) is 6.92. The molecule has 1 amide bonds. The minimum absolute atomic E-state index is 0. The summed E-state index contributed by atoms with van der Waals surface area (Å²) in [6.07, 6.45) is 5.98. The first kappa shape index (κ1) is 20.6. The molecule has 2 aromatic rings. The normalized spacial score (nSPS) is 20.5. The zero-order valence-electron chi connectivity index (χ0n) is 16.3. The van der Waals surface area contributed by atoms with Crippen LogP contribution >= 0.6 is 12.4 Å². The van der Waals surface area contributed by atoms with Crippen LogP contribution in [0.15, 0.2) is 48.8 Å². The number of piperidine rings is 1. The highest BCUT2D eigenvalue weighted by atomic mass is 35.5. The zero-order valence-corrected chi connectivity index (χ0v) is 17.1. The van der Waals surface area contributed by atoms with Crippen molar-refractivity contribution >= 4 is 18.3 Å². The van der Waals surface area contributed by atoms with E-state index in [0.29, 0.717) is 19.0 Å². The molecule has 2 aliphatic heterocycles. The molecule has 4 rings (SSSR count). The Hall–Kier alpha value is -2.11. The van der Waals surface area contributed by atoms with Gasteiger partial charge in [-0.15, -0.1) is 12.4 Å². The van der Waals surface area contributed by atoms with Gasteiger partial charge in [0.15, 0.2) is 0 Å². The van der Waals surface area contributed by atoms with Gasteiger partial charge in [0, 0.05) is 43.9 Å². The number of para-hydroxylation sites is 1. The van der Waals surface area contributed by atoms with Gasteiger partial charge in [-0.25, -0.2) is 0 Å². The Balaban J connectivity index is 0.00000225. The number of halogens is 1. The fourth-order valence-electron chi connectivity index (χ4n) is 4.15. The van der Waals surface area contributed by atoms with E-state index >= 15 is 0 Å². The third-order valence-corrected chi connectivity index (χ3v) is 5.77. The van der Waals surface area contributed by atoms with Crippen molar-refractivity contribution in [1.29, 1.82) is 0 Å². The molecule has 5 nitrogen and oxygen atoms in total. The zero-order chi connectivity index (χ0) is 18.6. The lowest BCUT2D eigenvalue weighted by molar-refractivity contribution is -0.130. The minimum atomic E-state index is 0. The number of nitrogens with zero attached hydrogens (tertiary/aromatic N) is 3. The largest absolute Gasteiger partial charge is 0.488 e. The Morgan fingerprint density at radius 3 is 2.57 bits per heavy atom. The number of carbonyl (C=O) groups is 1. The van der Waals surface area contributed by atoms with Gasteiger partial charge in [-0.1, -0.05) is 18.2 Å². The maximum atomic E-state index is 12.1. The van der Waals surface area contributed by atoms with Crippen LogP contribution in [0.5, 0.6) is 5.75 Å². The van der Waals surface area contributed by atoms with Gasteiger partial charge in [0.25, 0.3) is 0 Å². The summed E-state index contributed by atoms with van der Waals surface area (Å²) in [5.41, 5.74) is 2.41. The highest BCUT2D eigenvalue weighted by molar-refractivity contribution is 5.85. The average molecular weight is 402 g/mol. The van der Waals surface area contributed by atoms with Gasteiger partial charge in [-0.2, -0.15) is 0 Å². The summed E-state index contributed by atoms with van der Waals surface area (Å²) in [5, 5.41) is 0. The Morgan fingerprint density at radius 2 is 1.86 bits per heavy atom. The van der Waals surface area contributed by atoms with Crippen molar-refractivity contribution in [3.63, 3.8) is 0 Å². The first-order valence-corrected chi connectivity index (χ1v) is 9.80. The molecule has 0 N–H and O–H groups in total. The molecule has 1 aromatic carbocycles. The quantitative estimate of drug-likeness (QED) is 0.789. The number of carbonyl (C=O) groups excluding carboxylic acids is 1. The second kappa shape index (κ2) is 9.39. The molecular formula is C22H28ClN3O2.